The van der Waals surface area contributed by atoms with Crippen molar-refractivity contribution in [1.29, 1.82) is 0 Å². The fraction of sp³-hybridized carbons (Fsp3) is 0.0800. The van der Waals surface area contributed by atoms with Crippen LogP contribution in [0.2, 0.25) is 0 Å². The summed E-state index contributed by atoms with van der Waals surface area (Å²) in [5.74, 6) is 0.0444. The maximum Gasteiger partial charge on any atom is 0.0551 e. The fourth-order valence-corrected chi connectivity index (χ4v) is 7.50. The SMILES string of the molecule is Cc1ccccc1-c1c(C)cccc1-c1ccc(-c2ccccc2)cc1C1C=C(c2ccccc2)C=CC1Nc1ccc(-c2ccccc2)cc1. The smallest absolute Gasteiger partial charge is 0.0551 e. The molecule has 51 heavy (non-hydrogen) atoms. The van der Waals surface area contributed by atoms with Crippen LogP contribution in [0, 0.1) is 13.8 Å². The van der Waals surface area contributed by atoms with Gasteiger partial charge >= 0.3 is 0 Å². The number of aryl methyl sites for hydroxylation is 2. The second kappa shape index (κ2) is 14.4. The third-order valence-corrected chi connectivity index (χ3v) is 10.2. The molecule has 0 heterocycles. The maximum absolute atomic E-state index is 3.95. The molecule has 1 aliphatic rings. The second-order valence-electron chi connectivity index (χ2n) is 13.5. The zero-order valence-electron chi connectivity index (χ0n) is 29.1. The average molecular weight is 656 g/mol. The predicted molar refractivity (Wildman–Crippen MR) is 218 cm³/mol. The summed E-state index contributed by atoms with van der Waals surface area (Å²) in [6, 6.07) is 63.6. The van der Waals surface area contributed by atoms with Gasteiger partial charge in [0.2, 0.25) is 0 Å². The summed E-state index contributed by atoms with van der Waals surface area (Å²) in [7, 11) is 0. The van der Waals surface area contributed by atoms with Crippen LogP contribution in [-0.2, 0) is 0 Å². The minimum atomic E-state index is 0.0246. The van der Waals surface area contributed by atoms with E-state index in [9.17, 15) is 0 Å². The number of allylic oxidation sites excluding steroid dienone is 2. The lowest BCUT2D eigenvalue weighted by molar-refractivity contribution is 0.760. The molecule has 0 aromatic heterocycles. The van der Waals surface area contributed by atoms with Crippen molar-refractivity contribution in [2.75, 3.05) is 5.32 Å². The first-order valence-corrected chi connectivity index (χ1v) is 17.9. The topological polar surface area (TPSA) is 12.0 Å². The monoisotopic (exact) mass is 655 g/mol. The summed E-state index contributed by atoms with van der Waals surface area (Å²) in [5, 5.41) is 3.95. The van der Waals surface area contributed by atoms with E-state index in [4.69, 9.17) is 0 Å². The molecule has 1 aliphatic carbocycles. The normalized spacial score (nSPS) is 15.3. The van der Waals surface area contributed by atoms with E-state index in [1.807, 2.05) is 0 Å². The highest BCUT2D eigenvalue weighted by atomic mass is 14.9. The Morgan fingerprint density at radius 1 is 0.431 bits per heavy atom. The minimum absolute atomic E-state index is 0.0246. The molecular formula is C50H41N. The largest absolute Gasteiger partial charge is 0.378 e. The summed E-state index contributed by atoms with van der Waals surface area (Å²) in [4.78, 5) is 0. The van der Waals surface area contributed by atoms with Crippen molar-refractivity contribution in [2.45, 2.75) is 25.8 Å². The van der Waals surface area contributed by atoms with Gasteiger partial charge in [0.25, 0.3) is 0 Å². The Hall–Kier alpha value is -6.18. The molecule has 7 aromatic carbocycles. The van der Waals surface area contributed by atoms with Gasteiger partial charge < -0.3 is 5.32 Å². The van der Waals surface area contributed by atoms with Crippen LogP contribution in [-0.4, -0.2) is 6.04 Å². The van der Waals surface area contributed by atoms with Crippen LogP contribution in [0.5, 0.6) is 0 Å². The van der Waals surface area contributed by atoms with Crippen LogP contribution in [0.25, 0.3) is 50.1 Å². The average Bonchev–Trinajstić information content (AvgIpc) is 3.19. The molecule has 0 aliphatic heterocycles. The van der Waals surface area contributed by atoms with Crippen molar-refractivity contribution < 1.29 is 0 Å². The quantitative estimate of drug-likeness (QED) is 0.172. The number of anilines is 1. The number of nitrogens with one attached hydrogen (secondary N) is 1. The predicted octanol–water partition coefficient (Wildman–Crippen LogP) is 13.2. The zero-order chi connectivity index (χ0) is 34.6. The number of hydrogen-bond donors (Lipinski definition) is 1. The van der Waals surface area contributed by atoms with Crippen molar-refractivity contribution in [3.8, 4) is 44.5 Å². The van der Waals surface area contributed by atoms with Gasteiger partial charge in [-0.3, -0.25) is 0 Å². The molecule has 0 bridgehead atoms. The van der Waals surface area contributed by atoms with Gasteiger partial charge in [-0.15, -0.1) is 0 Å². The molecular weight excluding hydrogens is 615 g/mol. The first kappa shape index (κ1) is 32.0. The number of rotatable bonds is 8. The van der Waals surface area contributed by atoms with E-state index in [0.29, 0.717) is 0 Å². The molecule has 0 spiro atoms. The third kappa shape index (κ3) is 6.72. The molecule has 0 radical (unpaired) electrons. The van der Waals surface area contributed by atoms with Crippen molar-refractivity contribution in [3.05, 3.63) is 216 Å². The minimum Gasteiger partial charge on any atom is -0.378 e. The Morgan fingerprint density at radius 2 is 0.980 bits per heavy atom. The number of benzene rings is 7. The molecule has 2 unspecified atom stereocenters. The molecule has 1 nitrogen and oxygen atoms in total. The highest BCUT2D eigenvalue weighted by Gasteiger charge is 2.27. The van der Waals surface area contributed by atoms with Gasteiger partial charge in [0.15, 0.2) is 0 Å². The lowest BCUT2D eigenvalue weighted by Gasteiger charge is -2.31. The molecule has 246 valence electrons. The molecule has 1 N–H and O–H groups in total. The first-order valence-electron chi connectivity index (χ1n) is 17.9. The molecule has 0 saturated heterocycles. The summed E-state index contributed by atoms with van der Waals surface area (Å²) in [5.41, 5.74) is 17.4. The molecule has 0 saturated carbocycles. The van der Waals surface area contributed by atoms with E-state index in [1.165, 1.54) is 72.3 Å². The maximum atomic E-state index is 3.95. The van der Waals surface area contributed by atoms with Crippen LogP contribution in [0.4, 0.5) is 5.69 Å². The van der Waals surface area contributed by atoms with Crippen molar-refractivity contribution in [2.24, 2.45) is 0 Å². The van der Waals surface area contributed by atoms with E-state index in [-0.39, 0.29) is 12.0 Å². The third-order valence-electron chi connectivity index (χ3n) is 10.2. The Bertz CT molecular complexity index is 2330. The second-order valence-corrected chi connectivity index (χ2v) is 13.5. The van der Waals surface area contributed by atoms with Crippen LogP contribution in [0.3, 0.4) is 0 Å². The lowest BCUT2D eigenvalue weighted by Crippen LogP contribution is -2.27. The van der Waals surface area contributed by atoms with E-state index in [0.717, 1.165) is 5.69 Å². The highest BCUT2D eigenvalue weighted by molar-refractivity contribution is 5.90. The lowest BCUT2D eigenvalue weighted by atomic mass is 9.78. The van der Waals surface area contributed by atoms with Crippen LogP contribution in [0.1, 0.15) is 28.2 Å². The van der Waals surface area contributed by atoms with Gasteiger partial charge in [0, 0.05) is 11.6 Å². The van der Waals surface area contributed by atoms with Crippen molar-refractivity contribution in [3.63, 3.8) is 0 Å². The Balaban J connectivity index is 1.30. The fourth-order valence-electron chi connectivity index (χ4n) is 7.50. The van der Waals surface area contributed by atoms with Gasteiger partial charge in [-0.1, -0.05) is 176 Å². The van der Waals surface area contributed by atoms with Gasteiger partial charge in [-0.05, 0) is 104 Å². The van der Waals surface area contributed by atoms with Gasteiger partial charge in [0.05, 0.1) is 6.04 Å². The summed E-state index contributed by atoms with van der Waals surface area (Å²) < 4.78 is 0. The molecule has 2 atom stereocenters. The highest BCUT2D eigenvalue weighted by Crippen LogP contribution is 2.44. The van der Waals surface area contributed by atoms with E-state index in [2.05, 4.69) is 213 Å². The Labute approximate surface area is 302 Å². The van der Waals surface area contributed by atoms with Crippen LogP contribution in [0.15, 0.2) is 194 Å². The Morgan fingerprint density at radius 3 is 1.67 bits per heavy atom. The van der Waals surface area contributed by atoms with E-state index in [1.54, 1.807) is 0 Å². The van der Waals surface area contributed by atoms with E-state index >= 15 is 0 Å². The zero-order valence-corrected chi connectivity index (χ0v) is 29.1. The molecule has 1 heteroatoms. The van der Waals surface area contributed by atoms with Crippen molar-refractivity contribution >= 4 is 11.3 Å². The molecule has 0 amide bonds. The number of hydrogen-bond acceptors (Lipinski definition) is 1. The van der Waals surface area contributed by atoms with Gasteiger partial charge in [0.1, 0.15) is 0 Å². The summed E-state index contributed by atoms with van der Waals surface area (Å²) in [6.45, 7) is 4.46. The van der Waals surface area contributed by atoms with E-state index < -0.39 is 0 Å². The van der Waals surface area contributed by atoms with Crippen molar-refractivity contribution in [1.82, 2.24) is 0 Å². The van der Waals surface area contributed by atoms with Gasteiger partial charge in [-0.25, -0.2) is 0 Å². The first-order chi connectivity index (χ1) is 25.1. The molecule has 7 aromatic rings. The Kier molecular flexibility index (Phi) is 9.02. The molecule has 8 rings (SSSR count). The van der Waals surface area contributed by atoms with Crippen LogP contribution < -0.4 is 5.32 Å². The molecule has 0 fully saturated rings. The standard InChI is InChI=1S/C50H41N/c1-35-15-12-13-23-44(35)50-36(2)16-14-24-46(50)45-31-27-41(38-19-8-4-9-20-38)33-47(45)48-34-42(39-21-10-5-11-22-39)28-32-49(48)51-43-29-25-40(26-30-43)37-17-6-3-7-18-37/h3-34,48-49,51H,1-2H3. The summed E-state index contributed by atoms with van der Waals surface area (Å²) >= 11 is 0. The van der Waals surface area contributed by atoms with Crippen LogP contribution >= 0.6 is 0 Å². The summed E-state index contributed by atoms with van der Waals surface area (Å²) in [6.07, 6.45) is 7.12. The van der Waals surface area contributed by atoms with Gasteiger partial charge in [-0.2, -0.15) is 0 Å².